The molecule has 0 radical (unpaired) electrons. The van der Waals surface area contributed by atoms with Crippen molar-refractivity contribution in [2.75, 3.05) is 11.9 Å². The Labute approximate surface area is 140 Å². The van der Waals surface area contributed by atoms with Gasteiger partial charge in [-0.2, -0.15) is 17.6 Å². The van der Waals surface area contributed by atoms with Crippen LogP contribution in [0.15, 0.2) is 12.1 Å². The van der Waals surface area contributed by atoms with Crippen LogP contribution in [0, 0.1) is 0 Å². The summed E-state index contributed by atoms with van der Waals surface area (Å²) in [7, 11) is -3.02. The monoisotopic (exact) mass is 394 g/mol. The van der Waals surface area contributed by atoms with Crippen LogP contribution < -0.4 is 16.5 Å². The summed E-state index contributed by atoms with van der Waals surface area (Å²) < 4.78 is 106. The molecule has 0 unspecified atom stereocenters. The number of rotatable bonds is 7. The maximum absolute atomic E-state index is 13.8. The van der Waals surface area contributed by atoms with Crippen LogP contribution in [0.5, 0.6) is 0 Å². The number of anilines is 1. The Hall–Kier alpha value is -1.93. The number of halogens is 8. The van der Waals surface area contributed by atoms with Gasteiger partial charge in [0, 0.05) is 16.8 Å². The topological polar surface area (TPSA) is 95.6 Å². The lowest BCUT2D eigenvalue weighted by atomic mass is 9.72. The van der Waals surface area contributed by atoms with Gasteiger partial charge in [0.05, 0.1) is 6.54 Å². The molecule has 26 heavy (non-hydrogen) atoms. The summed E-state index contributed by atoms with van der Waals surface area (Å²) in [5.41, 5.74) is -2.21. The molecule has 5 nitrogen and oxygen atoms in total. The Morgan fingerprint density at radius 2 is 1.58 bits per heavy atom. The Bertz CT molecular complexity index is 672. The highest BCUT2D eigenvalue weighted by Gasteiger charge is 2.54. The molecule has 0 aromatic heterocycles. The van der Waals surface area contributed by atoms with Crippen LogP contribution in [0.1, 0.15) is 11.1 Å². The number of amides is 1. The second-order valence-corrected chi connectivity index (χ2v) is 4.96. The fourth-order valence-corrected chi connectivity index (χ4v) is 2.01. The SMILES string of the molecule is NCC(=O)Nc1cc(B(O)O)c(C(F)(F)C(F)F)c(C(F)(F)C(F)F)c1. The molecule has 0 aliphatic carbocycles. The minimum absolute atomic E-state index is 0.0861. The lowest BCUT2D eigenvalue weighted by Gasteiger charge is -2.27. The van der Waals surface area contributed by atoms with Gasteiger partial charge in [0.25, 0.3) is 0 Å². The zero-order valence-electron chi connectivity index (χ0n) is 12.5. The third-order valence-electron chi connectivity index (χ3n) is 3.16. The van der Waals surface area contributed by atoms with Crippen molar-refractivity contribution in [2.45, 2.75) is 24.7 Å². The summed E-state index contributed by atoms with van der Waals surface area (Å²) in [4.78, 5) is 11.2. The first kappa shape index (κ1) is 22.1. The molecule has 0 saturated heterocycles. The lowest BCUT2D eigenvalue weighted by Crippen LogP contribution is -2.43. The van der Waals surface area contributed by atoms with Crippen LogP contribution >= 0.6 is 0 Å². The minimum Gasteiger partial charge on any atom is -0.423 e. The molecule has 0 saturated carbocycles. The van der Waals surface area contributed by atoms with Crippen molar-refractivity contribution in [3.63, 3.8) is 0 Å². The fraction of sp³-hybridized carbons (Fsp3) is 0.417. The van der Waals surface area contributed by atoms with E-state index in [2.05, 4.69) is 0 Å². The minimum atomic E-state index is -5.43. The van der Waals surface area contributed by atoms with E-state index >= 15 is 0 Å². The van der Waals surface area contributed by atoms with E-state index in [9.17, 15) is 39.9 Å². The number of carbonyl (C=O) groups excluding carboxylic acids is 1. The molecule has 1 rings (SSSR count). The van der Waals surface area contributed by atoms with Gasteiger partial charge in [-0.15, -0.1) is 0 Å². The van der Waals surface area contributed by atoms with Crippen LogP contribution in [0.25, 0.3) is 0 Å². The van der Waals surface area contributed by atoms with E-state index in [0.717, 1.165) is 0 Å². The Kier molecular flexibility index (Phi) is 6.60. The van der Waals surface area contributed by atoms with Gasteiger partial charge >= 0.3 is 31.8 Å². The van der Waals surface area contributed by atoms with Gasteiger partial charge in [-0.05, 0) is 17.6 Å². The zero-order chi connectivity index (χ0) is 20.4. The molecular weight excluding hydrogens is 383 g/mol. The van der Waals surface area contributed by atoms with E-state index in [1.807, 2.05) is 0 Å². The number of benzene rings is 1. The van der Waals surface area contributed by atoms with Crippen molar-refractivity contribution in [2.24, 2.45) is 5.73 Å². The molecule has 0 atom stereocenters. The van der Waals surface area contributed by atoms with Crippen molar-refractivity contribution < 1.29 is 50.0 Å². The summed E-state index contributed by atoms with van der Waals surface area (Å²) >= 11 is 0. The van der Waals surface area contributed by atoms with Crippen LogP contribution in [0.4, 0.5) is 40.8 Å². The maximum Gasteiger partial charge on any atom is 0.489 e. The summed E-state index contributed by atoms with van der Waals surface area (Å²) in [6.07, 6.45) is -9.23. The normalized spacial score (nSPS) is 12.7. The van der Waals surface area contributed by atoms with Gasteiger partial charge in [0.15, 0.2) is 0 Å². The van der Waals surface area contributed by atoms with Gasteiger partial charge in [-0.25, -0.2) is 17.6 Å². The summed E-state index contributed by atoms with van der Waals surface area (Å²) in [5, 5.41) is 20.0. The maximum atomic E-state index is 13.8. The van der Waals surface area contributed by atoms with E-state index in [1.54, 1.807) is 5.32 Å². The second-order valence-electron chi connectivity index (χ2n) is 4.96. The predicted octanol–water partition coefficient (Wildman–Crippen LogP) is 0.977. The molecule has 0 spiro atoms. The first-order chi connectivity index (χ1) is 11.8. The summed E-state index contributed by atoms with van der Waals surface area (Å²) in [6, 6.07) is 0.173. The van der Waals surface area contributed by atoms with Crippen LogP contribution in [0.2, 0.25) is 0 Å². The fourth-order valence-electron chi connectivity index (χ4n) is 2.01. The van der Waals surface area contributed by atoms with Crippen molar-refractivity contribution in [3.05, 3.63) is 23.3 Å². The number of alkyl halides is 8. The highest BCUT2D eigenvalue weighted by atomic mass is 19.3. The van der Waals surface area contributed by atoms with Crippen LogP contribution in [-0.4, -0.2) is 42.5 Å². The predicted molar refractivity (Wildman–Crippen MR) is 73.7 cm³/mol. The average molecular weight is 394 g/mol. The van der Waals surface area contributed by atoms with Crippen LogP contribution in [-0.2, 0) is 16.6 Å². The molecule has 0 aliphatic heterocycles. The zero-order valence-corrected chi connectivity index (χ0v) is 12.5. The molecule has 0 fully saturated rings. The second kappa shape index (κ2) is 7.76. The van der Waals surface area contributed by atoms with Crippen LogP contribution in [0.3, 0.4) is 0 Å². The highest BCUT2D eigenvalue weighted by molar-refractivity contribution is 6.59. The summed E-state index contributed by atoms with van der Waals surface area (Å²) in [5.74, 6) is -11.9. The van der Waals surface area contributed by atoms with E-state index in [1.165, 1.54) is 0 Å². The van der Waals surface area contributed by atoms with E-state index in [-0.39, 0.29) is 12.1 Å². The lowest BCUT2D eigenvalue weighted by molar-refractivity contribution is -0.153. The van der Waals surface area contributed by atoms with Gasteiger partial charge in [-0.3, -0.25) is 4.79 Å². The van der Waals surface area contributed by atoms with E-state index in [4.69, 9.17) is 15.8 Å². The highest BCUT2D eigenvalue weighted by Crippen LogP contribution is 2.44. The number of carbonyl (C=O) groups is 1. The molecule has 146 valence electrons. The van der Waals surface area contributed by atoms with Crippen molar-refractivity contribution >= 4 is 24.2 Å². The Morgan fingerprint density at radius 3 is 1.96 bits per heavy atom. The third kappa shape index (κ3) is 4.24. The van der Waals surface area contributed by atoms with Gasteiger partial charge in [0.1, 0.15) is 0 Å². The summed E-state index contributed by atoms with van der Waals surface area (Å²) in [6.45, 7) is -0.730. The Balaban J connectivity index is 3.87. The van der Waals surface area contributed by atoms with Gasteiger partial charge in [-0.1, -0.05) is 0 Å². The number of hydrogen-bond acceptors (Lipinski definition) is 4. The molecule has 1 aromatic rings. The molecule has 5 N–H and O–H groups in total. The van der Waals surface area contributed by atoms with Gasteiger partial charge in [0.2, 0.25) is 5.91 Å². The van der Waals surface area contributed by atoms with E-state index < -0.39 is 66.5 Å². The van der Waals surface area contributed by atoms with Crippen molar-refractivity contribution in [1.82, 2.24) is 0 Å². The first-order valence-corrected chi connectivity index (χ1v) is 6.63. The van der Waals surface area contributed by atoms with Gasteiger partial charge < -0.3 is 21.1 Å². The molecule has 0 bridgehead atoms. The standard InChI is InChI=1S/C12H11BF8N2O3/c14-9(15)11(18,19)5-1-4(23-7(24)3-22)2-6(13(25)26)8(5)12(20,21)10(16)17/h1-2,9-10,25-26H,3,22H2,(H,23,24). The average Bonchev–Trinajstić information content (AvgIpc) is 2.53. The molecule has 0 heterocycles. The van der Waals surface area contributed by atoms with Crippen molar-refractivity contribution in [1.29, 1.82) is 0 Å². The molecule has 0 aliphatic rings. The molecule has 1 amide bonds. The molecule has 14 heteroatoms. The first-order valence-electron chi connectivity index (χ1n) is 6.63. The number of hydrogen-bond donors (Lipinski definition) is 4. The Morgan fingerprint density at radius 1 is 1.08 bits per heavy atom. The van der Waals surface area contributed by atoms with Crippen molar-refractivity contribution in [3.8, 4) is 0 Å². The third-order valence-corrected chi connectivity index (χ3v) is 3.16. The number of nitrogens with one attached hydrogen (secondary N) is 1. The smallest absolute Gasteiger partial charge is 0.423 e. The molecule has 1 aromatic carbocycles. The van der Waals surface area contributed by atoms with E-state index in [0.29, 0.717) is 0 Å². The molecular formula is C12H11BF8N2O3. The number of nitrogens with two attached hydrogens (primary N) is 1. The largest absolute Gasteiger partial charge is 0.489 e. The quantitative estimate of drug-likeness (QED) is 0.410.